The number of carbonyl (C=O) groups excluding carboxylic acids is 1. The van der Waals surface area contributed by atoms with E-state index in [1.807, 2.05) is 29.2 Å². The van der Waals surface area contributed by atoms with E-state index in [0.717, 1.165) is 37.0 Å². The van der Waals surface area contributed by atoms with E-state index in [9.17, 15) is 13.2 Å². The highest BCUT2D eigenvalue weighted by Crippen LogP contribution is 2.29. The topological polar surface area (TPSA) is 107 Å². The van der Waals surface area contributed by atoms with Crippen molar-refractivity contribution in [3.05, 3.63) is 29.8 Å². The van der Waals surface area contributed by atoms with Gasteiger partial charge in [-0.3, -0.25) is 4.79 Å². The Balaban J connectivity index is 1.42. The van der Waals surface area contributed by atoms with Gasteiger partial charge in [-0.25, -0.2) is 13.1 Å². The number of hydrogen-bond donors (Lipinski definition) is 0. The summed E-state index contributed by atoms with van der Waals surface area (Å²) in [6, 6.07) is 7.58. The predicted octanol–water partition coefficient (Wildman–Crippen LogP) is 2.17. The first kappa shape index (κ1) is 23.0. The van der Waals surface area contributed by atoms with Crippen LogP contribution in [-0.2, 0) is 21.2 Å². The average Bonchev–Trinajstić information content (AvgIpc) is 3.39. The Kier molecular flexibility index (Phi) is 7.34. The van der Waals surface area contributed by atoms with Gasteiger partial charge >= 0.3 is 0 Å². The lowest BCUT2D eigenvalue weighted by Crippen LogP contribution is -2.49. The minimum atomic E-state index is -3.06. The normalized spacial score (nSPS) is 20.8. The van der Waals surface area contributed by atoms with E-state index < -0.39 is 9.84 Å². The summed E-state index contributed by atoms with van der Waals surface area (Å²) in [7, 11) is -1.44. The van der Waals surface area contributed by atoms with Crippen LogP contribution < -0.4 is 4.74 Å². The zero-order valence-electron chi connectivity index (χ0n) is 18.2. The fourth-order valence-corrected chi connectivity index (χ4v) is 7.02. The Morgan fingerprint density at radius 2 is 1.91 bits per heavy atom. The quantitative estimate of drug-likeness (QED) is 0.530. The zero-order chi connectivity index (χ0) is 22.6. The number of ether oxygens (including phenoxy) is 1. The molecule has 9 nitrogen and oxygen atoms in total. The molecule has 0 unspecified atom stereocenters. The zero-order valence-corrected chi connectivity index (χ0v) is 19.9. The molecular formula is C21H29N5O4S2. The number of nitrogens with zero attached hydrogens (tertiary/aromatic N) is 5. The van der Waals surface area contributed by atoms with Crippen LogP contribution in [0.1, 0.15) is 44.1 Å². The number of benzene rings is 1. The van der Waals surface area contributed by atoms with Gasteiger partial charge in [0.05, 0.1) is 30.9 Å². The molecule has 1 aromatic carbocycles. The van der Waals surface area contributed by atoms with Crippen LogP contribution in [0.2, 0.25) is 0 Å². The standard InChI is InChI=1S/C21H29N5O4S2/c1-30-19-9-7-16(8-10-19)13-25-21(22-23-24-25)31-14-20(27)26(17-5-3-2-4-6-17)18-11-12-32(28,29)15-18/h7-10,17-18H,2-6,11-15H2,1H3/t18-/m1/s1. The summed E-state index contributed by atoms with van der Waals surface area (Å²) in [4.78, 5) is 15.2. The van der Waals surface area contributed by atoms with E-state index >= 15 is 0 Å². The van der Waals surface area contributed by atoms with E-state index in [2.05, 4.69) is 15.5 Å². The molecule has 1 aliphatic carbocycles. The van der Waals surface area contributed by atoms with Gasteiger partial charge < -0.3 is 9.64 Å². The van der Waals surface area contributed by atoms with Crippen molar-refractivity contribution in [1.29, 1.82) is 0 Å². The van der Waals surface area contributed by atoms with Gasteiger partial charge in [-0.1, -0.05) is 43.2 Å². The third kappa shape index (κ3) is 5.61. The summed E-state index contributed by atoms with van der Waals surface area (Å²) < 4.78 is 31.0. The van der Waals surface area contributed by atoms with Crippen LogP contribution in [0.5, 0.6) is 5.75 Å². The van der Waals surface area contributed by atoms with Crippen molar-refractivity contribution in [3.63, 3.8) is 0 Å². The predicted molar refractivity (Wildman–Crippen MR) is 121 cm³/mol. The fraction of sp³-hybridized carbons (Fsp3) is 0.619. The van der Waals surface area contributed by atoms with Crippen molar-refractivity contribution in [1.82, 2.24) is 25.1 Å². The summed E-state index contributed by atoms with van der Waals surface area (Å²) in [5.41, 5.74) is 1.02. The van der Waals surface area contributed by atoms with Gasteiger partial charge in [0.25, 0.3) is 0 Å². The Morgan fingerprint density at radius 1 is 1.16 bits per heavy atom. The maximum atomic E-state index is 13.3. The van der Waals surface area contributed by atoms with Crippen molar-refractivity contribution in [2.75, 3.05) is 24.4 Å². The van der Waals surface area contributed by atoms with Gasteiger partial charge in [-0.05, 0) is 47.4 Å². The molecule has 2 fully saturated rings. The first-order chi connectivity index (χ1) is 15.4. The van der Waals surface area contributed by atoms with Crippen molar-refractivity contribution in [3.8, 4) is 5.75 Å². The largest absolute Gasteiger partial charge is 0.497 e. The van der Waals surface area contributed by atoms with Crippen LogP contribution in [0, 0.1) is 0 Å². The van der Waals surface area contributed by atoms with Crippen molar-refractivity contribution in [2.45, 2.75) is 62.3 Å². The minimum absolute atomic E-state index is 0.0250. The second-order valence-electron chi connectivity index (χ2n) is 8.41. The molecule has 2 aliphatic rings. The summed E-state index contributed by atoms with van der Waals surface area (Å²) in [6.45, 7) is 0.487. The molecule has 174 valence electrons. The van der Waals surface area contributed by atoms with Gasteiger partial charge in [0.2, 0.25) is 11.1 Å². The van der Waals surface area contributed by atoms with Crippen LogP contribution in [-0.4, -0.2) is 75.9 Å². The number of aromatic nitrogens is 4. The maximum absolute atomic E-state index is 13.3. The highest BCUT2D eigenvalue weighted by molar-refractivity contribution is 7.99. The third-order valence-electron chi connectivity index (χ3n) is 6.17. The third-order valence-corrected chi connectivity index (χ3v) is 8.87. The number of carbonyl (C=O) groups is 1. The van der Waals surface area contributed by atoms with Gasteiger partial charge in [0.15, 0.2) is 9.84 Å². The number of rotatable bonds is 8. The maximum Gasteiger partial charge on any atom is 0.233 e. The molecule has 2 aromatic rings. The number of tetrazole rings is 1. The first-order valence-electron chi connectivity index (χ1n) is 11.0. The smallest absolute Gasteiger partial charge is 0.233 e. The van der Waals surface area contributed by atoms with Gasteiger partial charge in [-0.15, -0.1) is 5.10 Å². The van der Waals surface area contributed by atoms with Crippen LogP contribution >= 0.6 is 11.8 Å². The summed E-state index contributed by atoms with van der Waals surface area (Å²) >= 11 is 1.30. The lowest BCUT2D eigenvalue weighted by atomic mass is 9.93. The Labute approximate surface area is 192 Å². The fourth-order valence-electron chi connectivity index (χ4n) is 4.56. The molecule has 1 aromatic heterocycles. The lowest BCUT2D eigenvalue weighted by Gasteiger charge is -2.38. The highest BCUT2D eigenvalue weighted by Gasteiger charge is 2.38. The van der Waals surface area contributed by atoms with Crippen LogP contribution in [0.4, 0.5) is 0 Å². The lowest BCUT2D eigenvalue weighted by molar-refractivity contribution is -0.133. The minimum Gasteiger partial charge on any atom is -0.497 e. The van der Waals surface area contributed by atoms with E-state index in [1.54, 1.807) is 11.8 Å². The molecule has 1 aliphatic heterocycles. The first-order valence-corrected chi connectivity index (χ1v) is 13.8. The number of thioether (sulfide) groups is 1. The van der Waals surface area contributed by atoms with Crippen LogP contribution in [0.25, 0.3) is 0 Å². The van der Waals surface area contributed by atoms with Gasteiger partial charge in [-0.2, -0.15) is 0 Å². The number of amides is 1. The molecule has 1 saturated carbocycles. The Morgan fingerprint density at radius 3 is 2.56 bits per heavy atom. The van der Waals surface area contributed by atoms with Gasteiger partial charge in [0.1, 0.15) is 5.75 Å². The second kappa shape index (κ2) is 10.2. The molecule has 1 saturated heterocycles. The molecule has 0 spiro atoms. The molecule has 32 heavy (non-hydrogen) atoms. The van der Waals surface area contributed by atoms with Crippen LogP contribution in [0.15, 0.2) is 29.4 Å². The summed E-state index contributed by atoms with van der Waals surface area (Å²) in [6.07, 6.45) is 5.77. The molecule has 1 amide bonds. The summed E-state index contributed by atoms with van der Waals surface area (Å²) in [5, 5.41) is 12.5. The molecule has 0 bridgehead atoms. The van der Waals surface area contributed by atoms with Crippen LogP contribution in [0.3, 0.4) is 0 Å². The Bertz CT molecular complexity index is 1020. The van der Waals surface area contributed by atoms with Crippen molar-refractivity contribution >= 4 is 27.5 Å². The van der Waals surface area contributed by atoms with Crippen molar-refractivity contribution < 1.29 is 17.9 Å². The molecule has 2 heterocycles. The van der Waals surface area contributed by atoms with Crippen molar-refractivity contribution in [2.24, 2.45) is 0 Å². The SMILES string of the molecule is COc1ccc(Cn2nnnc2SCC(=O)N(C2CCCCC2)[C@@H]2CCS(=O)(=O)C2)cc1. The Hall–Kier alpha value is -2.14. The average molecular weight is 480 g/mol. The van der Waals surface area contributed by atoms with Gasteiger partial charge in [0, 0.05) is 12.1 Å². The number of sulfone groups is 1. The summed E-state index contributed by atoms with van der Waals surface area (Å²) in [5.74, 6) is 1.19. The molecule has 1 atom stereocenters. The van der Waals surface area contributed by atoms with E-state index in [0.29, 0.717) is 18.1 Å². The second-order valence-corrected chi connectivity index (χ2v) is 11.6. The molecular weight excluding hydrogens is 450 g/mol. The molecule has 4 rings (SSSR count). The number of methoxy groups -OCH3 is 1. The monoisotopic (exact) mass is 479 g/mol. The van der Waals surface area contributed by atoms with E-state index in [4.69, 9.17) is 4.74 Å². The molecule has 11 heteroatoms. The molecule has 0 N–H and O–H groups in total. The number of hydrogen-bond acceptors (Lipinski definition) is 8. The van der Waals surface area contributed by atoms with E-state index in [-0.39, 0.29) is 35.2 Å². The molecule has 0 radical (unpaired) electrons. The highest BCUT2D eigenvalue weighted by atomic mass is 32.2. The van der Waals surface area contributed by atoms with E-state index in [1.165, 1.54) is 18.2 Å².